The van der Waals surface area contributed by atoms with Crippen molar-refractivity contribution in [2.45, 2.75) is 47.1 Å². The highest BCUT2D eigenvalue weighted by Crippen LogP contribution is 2.37. The summed E-state index contributed by atoms with van der Waals surface area (Å²) in [7, 11) is 1.47. The largest absolute Gasteiger partial charge is 0.378 e. The molecule has 306 valence electrons. The van der Waals surface area contributed by atoms with Crippen LogP contribution in [0.3, 0.4) is 0 Å². The second-order valence-electron chi connectivity index (χ2n) is 15.0. The van der Waals surface area contributed by atoms with Gasteiger partial charge >= 0.3 is 0 Å². The zero-order valence-corrected chi connectivity index (χ0v) is 35.0. The van der Waals surface area contributed by atoms with Crippen LogP contribution in [0.5, 0.6) is 0 Å². The number of piperidine rings is 1. The number of pyridine rings is 1. The van der Waals surface area contributed by atoms with E-state index >= 15 is 0 Å². The lowest BCUT2D eigenvalue weighted by atomic mass is 9.82. The van der Waals surface area contributed by atoms with Gasteiger partial charge in [0.25, 0.3) is 15.7 Å². The van der Waals surface area contributed by atoms with Gasteiger partial charge in [-0.3, -0.25) is 19.8 Å². The Morgan fingerprint density at radius 2 is 1.69 bits per heavy atom. The number of anilines is 3. The van der Waals surface area contributed by atoms with Crippen LogP contribution in [0.25, 0.3) is 22.0 Å². The van der Waals surface area contributed by atoms with E-state index in [0.29, 0.717) is 16.7 Å². The van der Waals surface area contributed by atoms with E-state index in [9.17, 15) is 18.5 Å². The highest BCUT2D eigenvalue weighted by Gasteiger charge is 2.36. The minimum atomic E-state index is -4.28. The van der Waals surface area contributed by atoms with Gasteiger partial charge in [0.05, 0.1) is 20.9 Å². The van der Waals surface area contributed by atoms with E-state index in [4.69, 9.17) is 4.74 Å². The monoisotopic (exact) mass is 832 g/mol. The number of thioether (sulfide) groups is 1. The molecule has 2 aromatic heterocycles. The first-order valence-electron chi connectivity index (χ1n) is 19.5. The van der Waals surface area contributed by atoms with Crippen molar-refractivity contribution in [3.63, 3.8) is 0 Å². The third kappa shape index (κ3) is 10.2. The zero-order valence-electron chi connectivity index (χ0n) is 33.3. The van der Waals surface area contributed by atoms with E-state index in [2.05, 4.69) is 59.1 Å². The number of methoxy groups -OCH3 is 1. The predicted octanol–water partition coefficient (Wildman–Crippen LogP) is 8.15. The zero-order chi connectivity index (χ0) is 41.4. The molecule has 1 saturated heterocycles. The Balaban J connectivity index is 1.05. The summed E-state index contributed by atoms with van der Waals surface area (Å²) in [5.74, 6) is 0.742. The van der Waals surface area contributed by atoms with Crippen LogP contribution >= 0.6 is 11.8 Å². The number of fused-ring (bicyclic) bond motifs is 1. The maximum atomic E-state index is 13.8. The number of hydrogen-bond donors (Lipinski definition) is 2. The average Bonchev–Trinajstić information content (AvgIpc) is 3.25. The lowest BCUT2D eigenvalue weighted by molar-refractivity contribution is -0.384. The van der Waals surface area contributed by atoms with Crippen molar-refractivity contribution in [3.8, 4) is 11.1 Å². The van der Waals surface area contributed by atoms with Crippen LogP contribution in [0, 0.1) is 10.1 Å². The molecular formula is C44H48N8O5S2. The number of hydrogen-bond acceptors (Lipinski definition) is 12. The molecule has 0 radical (unpaired) electrons. The molecule has 3 heterocycles. The number of sulfonamides is 1. The van der Waals surface area contributed by atoms with Gasteiger partial charge in [0.2, 0.25) is 0 Å². The van der Waals surface area contributed by atoms with Crippen molar-refractivity contribution in [3.05, 3.63) is 138 Å². The fraction of sp³-hybridized carbons (Fsp3) is 0.295. The first kappa shape index (κ1) is 41.5. The van der Waals surface area contributed by atoms with Crippen molar-refractivity contribution in [2.24, 2.45) is 0 Å². The van der Waals surface area contributed by atoms with Crippen LogP contribution in [0.1, 0.15) is 24.8 Å². The molecule has 0 spiro atoms. The van der Waals surface area contributed by atoms with Crippen molar-refractivity contribution in [2.75, 3.05) is 61.5 Å². The van der Waals surface area contributed by atoms with Crippen LogP contribution in [0.2, 0.25) is 0 Å². The second kappa shape index (κ2) is 18.5. The number of nitro groups is 1. The van der Waals surface area contributed by atoms with Crippen LogP contribution in [-0.4, -0.2) is 91.4 Å². The number of rotatable bonds is 17. The Bertz CT molecular complexity index is 2480. The number of nitro benzene ring substituents is 1. The summed E-state index contributed by atoms with van der Waals surface area (Å²) in [6.45, 7) is 2.28. The highest BCUT2D eigenvalue weighted by molar-refractivity contribution is 7.99. The standard InChI is InChI=1S/C44H48N8O5S2/c1-50(2)24-19-34(30-58-36-10-5-4-6-11-36)48-40-16-14-37(28-42(40)52(53)54)59(55,56)49-43-39-15-13-35(27-41(39)46-31-47-43)51-25-20-44(57-3,21-26-51)29-33-9-7-8-12-38(33)32-17-22-45-23-18-32/h4-18,22-23,27-28,31,34,48H,19-21,24-26,29-30H2,1-3H3,(H,46,47,49)/t34-/m1/s1. The molecule has 0 saturated carbocycles. The SMILES string of the molecule is COC1(Cc2ccccc2-c2ccncc2)CCN(c2ccc3c(NS(=O)(=O)c4ccc(N[C@H](CCN(C)C)CSc5ccccc5)c([N+](=O)[O-])c4)ncnc3c2)CC1. The summed E-state index contributed by atoms with van der Waals surface area (Å²) in [5.41, 5.74) is 4.64. The Hall–Kier alpha value is -5.61. The number of ether oxygens (including phenoxy) is 1. The molecule has 1 fully saturated rings. The van der Waals surface area contributed by atoms with E-state index in [1.807, 2.05) is 87.2 Å². The lowest BCUT2D eigenvalue weighted by Gasteiger charge is -2.42. The van der Waals surface area contributed by atoms with E-state index in [0.717, 1.165) is 67.5 Å². The first-order chi connectivity index (χ1) is 28.5. The quantitative estimate of drug-likeness (QED) is 0.0518. The van der Waals surface area contributed by atoms with Crippen molar-refractivity contribution < 1.29 is 18.1 Å². The van der Waals surface area contributed by atoms with Gasteiger partial charge in [-0.15, -0.1) is 11.8 Å². The number of nitrogens with one attached hydrogen (secondary N) is 2. The molecule has 2 N–H and O–H groups in total. The van der Waals surface area contributed by atoms with Crippen LogP contribution < -0.4 is 14.9 Å². The summed E-state index contributed by atoms with van der Waals surface area (Å²) < 4.78 is 36.4. The molecule has 13 nitrogen and oxygen atoms in total. The topological polar surface area (TPSA) is 156 Å². The summed E-state index contributed by atoms with van der Waals surface area (Å²) >= 11 is 1.65. The maximum absolute atomic E-state index is 13.8. The van der Waals surface area contributed by atoms with Gasteiger partial charge < -0.3 is 19.9 Å². The van der Waals surface area contributed by atoms with E-state index in [-0.39, 0.29) is 33.7 Å². The van der Waals surface area contributed by atoms with Gasteiger partial charge in [-0.05, 0) is 111 Å². The molecule has 6 aromatic rings. The van der Waals surface area contributed by atoms with Crippen LogP contribution in [0.4, 0.5) is 22.9 Å². The van der Waals surface area contributed by atoms with Crippen LogP contribution in [0.15, 0.2) is 132 Å². The van der Waals surface area contributed by atoms with Gasteiger partial charge in [-0.2, -0.15) is 0 Å². The third-order valence-electron chi connectivity index (χ3n) is 10.8. The molecular weight excluding hydrogens is 785 g/mol. The van der Waals surface area contributed by atoms with E-state index in [1.165, 1.54) is 29.6 Å². The molecule has 1 atom stereocenters. The molecule has 7 rings (SSSR count). The number of aromatic nitrogens is 3. The second-order valence-corrected chi connectivity index (χ2v) is 17.7. The molecule has 4 aromatic carbocycles. The molecule has 0 aliphatic carbocycles. The Kier molecular flexibility index (Phi) is 13.1. The summed E-state index contributed by atoms with van der Waals surface area (Å²) in [4.78, 5) is 29.9. The maximum Gasteiger partial charge on any atom is 0.293 e. The molecule has 15 heteroatoms. The summed E-state index contributed by atoms with van der Waals surface area (Å²) in [6, 6.07) is 31.9. The van der Waals surface area contributed by atoms with Gasteiger partial charge in [0, 0.05) is 72.8 Å². The predicted molar refractivity (Wildman–Crippen MR) is 236 cm³/mol. The normalized spacial score (nSPS) is 14.6. The Morgan fingerprint density at radius 3 is 2.42 bits per heavy atom. The minimum absolute atomic E-state index is 0.0815. The fourth-order valence-corrected chi connectivity index (χ4v) is 9.51. The number of benzene rings is 4. The van der Waals surface area contributed by atoms with Gasteiger partial charge in [-0.1, -0.05) is 42.5 Å². The third-order valence-corrected chi connectivity index (χ3v) is 13.3. The summed E-state index contributed by atoms with van der Waals surface area (Å²) in [5, 5.41) is 16.2. The Labute approximate surface area is 349 Å². The van der Waals surface area contributed by atoms with Crippen LogP contribution in [-0.2, 0) is 21.2 Å². The van der Waals surface area contributed by atoms with Crippen molar-refractivity contribution in [1.29, 1.82) is 0 Å². The molecule has 0 amide bonds. The molecule has 1 aliphatic rings. The van der Waals surface area contributed by atoms with Gasteiger partial charge in [-0.25, -0.2) is 18.4 Å². The highest BCUT2D eigenvalue weighted by atomic mass is 32.2. The molecule has 0 unspecified atom stereocenters. The van der Waals surface area contributed by atoms with Crippen molar-refractivity contribution in [1.82, 2.24) is 19.9 Å². The fourth-order valence-electron chi connectivity index (χ4n) is 7.47. The smallest absolute Gasteiger partial charge is 0.293 e. The number of nitrogens with zero attached hydrogens (tertiary/aromatic N) is 6. The summed E-state index contributed by atoms with van der Waals surface area (Å²) in [6.07, 6.45) is 8.05. The molecule has 1 aliphatic heterocycles. The molecule has 59 heavy (non-hydrogen) atoms. The first-order valence-corrected chi connectivity index (χ1v) is 21.9. The van der Waals surface area contributed by atoms with Gasteiger partial charge in [0.1, 0.15) is 12.0 Å². The molecule has 0 bridgehead atoms. The van der Waals surface area contributed by atoms with E-state index in [1.54, 1.807) is 18.9 Å². The van der Waals surface area contributed by atoms with Crippen molar-refractivity contribution >= 4 is 55.6 Å². The lowest BCUT2D eigenvalue weighted by Crippen LogP contribution is -2.47. The Morgan fingerprint density at radius 1 is 0.949 bits per heavy atom. The van der Waals surface area contributed by atoms with Gasteiger partial charge in [0.15, 0.2) is 5.82 Å². The minimum Gasteiger partial charge on any atom is -0.378 e. The van der Waals surface area contributed by atoms with E-state index < -0.39 is 14.9 Å². The average molecular weight is 833 g/mol.